The van der Waals surface area contributed by atoms with Crippen LogP contribution in [0.5, 0.6) is 5.75 Å². The lowest BCUT2D eigenvalue weighted by Gasteiger charge is -2.26. The van der Waals surface area contributed by atoms with Crippen LogP contribution in [0.25, 0.3) is 0 Å². The number of anilines is 1. The van der Waals surface area contributed by atoms with Gasteiger partial charge in [-0.1, -0.05) is 12.1 Å². The predicted molar refractivity (Wildman–Crippen MR) is 96.7 cm³/mol. The van der Waals surface area contributed by atoms with Crippen LogP contribution in [-0.2, 0) is 9.59 Å². The van der Waals surface area contributed by atoms with Gasteiger partial charge in [-0.15, -0.1) is 0 Å². The third-order valence-electron chi connectivity index (χ3n) is 4.33. The Morgan fingerprint density at radius 1 is 1.22 bits per heavy atom. The number of hydrogen-bond donors (Lipinski definition) is 1. The minimum absolute atomic E-state index is 0.101. The predicted octanol–water partition coefficient (Wildman–Crippen LogP) is 3.09. The molecule has 0 radical (unpaired) electrons. The smallest absolute Gasteiger partial charge is 0.294 e. The van der Waals surface area contributed by atoms with Gasteiger partial charge in [0.05, 0.1) is 23.6 Å². The number of rotatable bonds is 5. The van der Waals surface area contributed by atoms with E-state index in [1.165, 1.54) is 37.1 Å². The molecule has 1 N–H and O–H groups in total. The van der Waals surface area contributed by atoms with Gasteiger partial charge >= 0.3 is 0 Å². The first-order chi connectivity index (χ1) is 12.8. The molecule has 8 heteroatoms. The maximum absolute atomic E-state index is 12.7. The second kappa shape index (κ2) is 6.91. The summed E-state index contributed by atoms with van der Waals surface area (Å²) < 4.78 is 5.10. The van der Waals surface area contributed by atoms with Crippen LogP contribution in [0.4, 0.5) is 11.4 Å². The summed E-state index contributed by atoms with van der Waals surface area (Å²) >= 11 is 0. The fourth-order valence-corrected chi connectivity index (χ4v) is 3.10. The molecule has 8 nitrogen and oxygen atoms in total. The number of non-ortho nitro benzene ring substituents is 1. The van der Waals surface area contributed by atoms with Crippen LogP contribution in [0, 0.1) is 10.1 Å². The van der Waals surface area contributed by atoms with E-state index in [-0.39, 0.29) is 11.3 Å². The van der Waals surface area contributed by atoms with Crippen molar-refractivity contribution in [2.75, 3.05) is 12.0 Å². The fraction of sp³-hybridized carbons (Fsp3) is 0.158. The van der Waals surface area contributed by atoms with Gasteiger partial charge in [-0.2, -0.15) is 0 Å². The number of amides is 1. The highest BCUT2D eigenvalue weighted by atomic mass is 16.6. The number of ether oxygens (including phenoxy) is 1. The van der Waals surface area contributed by atoms with Crippen LogP contribution in [-0.4, -0.2) is 28.8 Å². The highest BCUT2D eigenvalue weighted by Crippen LogP contribution is 2.41. The van der Waals surface area contributed by atoms with Crippen molar-refractivity contribution in [2.24, 2.45) is 0 Å². The zero-order valence-electron chi connectivity index (χ0n) is 14.6. The number of hydrogen-bond acceptors (Lipinski definition) is 6. The first-order valence-electron chi connectivity index (χ1n) is 8.01. The van der Waals surface area contributed by atoms with Gasteiger partial charge in [0.1, 0.15) is 5.75 Å². The van der Waals surface area contributed by atoms with Crippen LogP contribution in [0.15, 0.2) is 59.9 Å². The molecule has 27 heavy (non-hydrogen) atoms. The van der Waals surface area contributed by atoms with Crippen molar-refractivity contribution in [2.45, 2.75) is 13.0 Å². The molecule has 1 aliphatic heterocycles. The number of aliphatic hydroxyl groups is 1. The van der Waals surface area contributed by atoms with Gasteiger partial charge in [0.15, 0.2) is 11.5 Å². The molecular formula is C19H16N2O6. The van der Waals surface area contributed by atoms with Crippen molar-refractivity contribution in [3.05, 3.63) is 75.5 Å². The monoisotopic (exact) mass is 368 g/mol. The van der Waals surface area contributed by atoms with E-state index >= 15 is 0 Å². The van der Waals surface area contributed by atoms with E-state index in [4.69, 9.17) is 4.74 Å². The van der Waals surface area contributed by atoms with Crippen LogP contribution < -0.4 is 9.64 Å². The van der Waals surface area contributed by atoms with Crippen LogP contribution in [0.1, 0.15) is 18.5 Å². The van der Waals surface area contributed by atoms with Crippen molar-refractivity contribution < 1.29 is 24.4 Å². The lowest BCUT2D eigenvalue weighted by molar-refractivity contribution is -0.384. The molecule has 3 rings (SSSR count). The number of methoxy groups -OCH3 is 1. The first-order valence-corrected chi connectivity index (χ1v) is 8.01. The van der Waals surface area contributed by atoms with E-state index in [1.54, 1.807) is 30.3 Å². The minimum atomic E-state index is -0.969. The fourth-order valence-electron chi connectivity index (χ4n) is 3.10. The molecule has 0 unspecified atom stereocenters. The van der Waals surface area contributed by atoms with Crippen molar-refractivity contribution in [3.63, 3.8) is 0 Å². The van der Waals surface area contributed by atoms with Crippen LogP contribution in [0.3, 0.4) is 0 Å². The Kier molecular flexibility index (Phi) is 4.64. The van der Waals surface area contributed by atoms with Crippen molar-refractivity contribution in [1.82, 2.24) is 0 Å². The number of carbonyl (C=O) groups is 2. The second-order valence-electron chi connectivity index (χ2n) is 5.95. The molecule has 2 aromatic carbocycles. The third-order valence-corrected chi connectivity index (χ3v) is 4.33. The Morgan fingerprint density at radius 3 is 2.44 bits per heavy atom. The molecule has 0 spiro atoms. The number of benzene rings is 2. The van der Waals surface area contributed by atoms with E-state index in [0.29, 0.717) is 17.0 Å². The largest absolute Gasteiger partial charge is 0.503 e. The summed E-state index contributed by atoms with van der Waals surface area (Å²) in [4.78, 5) is 36.6. The van der Waals surface area contributed by atoms with E-state index in [1.807, 2.05) is 0 Å². The van der Waals surface area contributed by atoms with Gasteiger partial charge in [-0.3, -0.25) is 24.6 Å². The van der Waals surface area contributed by atoms with Gasteiger partial charge in [-0.05, 0) is 36.8 Å². The molecule has 138 valence electrons. The molecule has 1 heterocycles. The lowest BCUT2D eigenvalue weighted by atomic mass is 9.96. The molecule has 1 atom stereocenters. The SMILES string of the molecule is COc1ccc(N2C(=O)C(O)=C(C(C)=O)[C@H]2c2cccc([N+](=O)[O-])c2)cc1. The Labute approximate surface area is 154 Å². The number of carbonyl (C=O) groups excluding carboxylic acids is 2. The maximum Gasteiger partial charge on any atom is 0.294 e. The zero-order chi connectivity index (χ0) is 19.7. The normalized spacial score (nSPS) is 16.6. The van der Waals surface area contributed by atoms with E-state index in [2.05, 4.69) is 0 Å². The lowest BCUT2D eigenvalue weighted by Crippen LogP contribution is -2.30. The van der Waals surface area contributed by atoms with E-state index in [0.717, 1.165) is 0 Å². The van der Waals surface area contributed by atoms with Crippen molar-refractivity contribution in [3.8, 4) is 5.75 Å². The number of nitro groups is 1. The average Bonchev–Trinajstić information content (AvgIpc) is 2.93. The maximum atomic E-state index is 12.7. The third kappa shape index (κ3) is 3.12. The highest BCUT2D eigenvalue weighted by molar-refractivity contribution is 6.16. The number of ketones is 1. The summed E-state index contributed by atoms with van der Waals surface area (Å²) in [6.45, 7) is 1.24. The molecule has 1 aliphatic rings. The first kappa shape index (κ1) is 18.1. The van der Waals surface area contributed by atoms with Crippen LogP contribution in [0.2, 0.25) is 0 Å². The number of nitro benzene ring substituents is 1. The number of Topliss-reactive ketones (excluding diaryl/α,β-unsaturated/α-hetero) is 1. The second-order valence-corrected chi connectivity index (χ2v) is 5.95. The van der Waals surface area contributed by atoms with Crippen molar-refractivity contribution >= 4 is 23.1 Å². The number of nitrogens with zero attached hydrogens (tertiary/aromatic N) is 2. The Bertz CT molecular complexity index is 964. The molecule has 1 amide bonds. The molecule has 0 aromatic heterocycles. The van der Waals surface area contributed by atoms with Gasteiger partial charge in [0.2, 0.25) is 0 Å². The summed E-state index contributed by atoms with van der Waals surface area (Å²) in [5.41, 5.74) is 0.489. The number of aliphatic hydroxyl groups excluding tert-OH is 1. The zero-order valence-corrected chi connectivity index (χ0v) is 14.6. The summed E-state index contributed by atoms with van der Waals surface area (Å²) in [5, 5.41) is 21.4. The average molecular weight is 368 g/mol. The minimum Gasteiger partial charge on any atom is -0.503 e. The molecule has 0 bridgehead atoms. The summed E-state index contributed by atoms with van der Waals surface area (Å²) in [7, 11) is 1.50. The van der Waals surface area contributed by atoms with Crippen LogP contribution >= 0.6 is 0 Å². The van der Waals surface area contributed by atoms with E-state index in [9.17, 15) is 24.8 Å². The van der Waals surface area contributed by atoms with E-state index < -0.39 is 28.4 Å². The molecule has 0 saturated carbocycles. The molecule has 0 saturated heterocycles. The topological polar surface area (TPSA) is 110 Å². The molecule has 0 aliphatic carbocycles. The highest BCUT2D eigenvalue weighted by Gasteiger charge is 2.43. The van der Waals surface area contributed by atoms with Gasteiger partial charge in [-0.25, -0.2) is 0 Å². The Balaban J connectivity index is 2.16. The molecule has 0 fully saturated rings. The molecular weight excluding hydrogens is 352 g/mol. The van der Waals surface area contributed by atoms with Gasteiger partial charge in [0.25, 0.3) is 11.6 Å². The van der Waals surface area contributed by atoms with Gasteiger partial charge < -0.3 is 9.84 Å². The van der Waals surface area contributed by atoms with Gasteiger partial charge in [0, 0.05) is 17.8 Å². The van der Waals surface area contributed by atoms with Crippen molar-refractivity contribution in [1.29, 1.82) is 0 Å². The molecule has 2 aromatic rings. The Hall–Kier alpha value is -3.68. The summed E-state index contributed by atoms with van der Waals surface area (Å²) in [6, 6.07) is 11.2. The standard InChI is InChI=1S/C19H16N2O6/c1-11(22)16-17(12-4-3-5-14(10-12)21(25)26)20(19(24)18(16)23)13-6-8-15(27-2)9-7-13/h3-10,17,23H,1-2H3/t17-/m1/s1. The summed E-state index contributed by atoms with van der Waals surface area (Å²) in [5.74, 6) is -1.33. The summed E-state index contributed by atoms with van der Waals surface area (Å²) in [6.07, 6.45) is 0. The Morgan fingerprint density at radius 2 is 1.89 bits per heavy atom. The quantitative estimate of drug-likeness (QED) is 0.641.